The third-order valence-corrected chi connectivity index (χ3v) is 7.54. The van der Waals surface area contributed by atoms with Gasteiger partial charge in [-0.25, -0.2) is 15.0 Å². The number of piperidine rings is 1. The monoisotopic (exact) mass is 555 g/mol. The number of halogens is 6. The van der Waals surface area contributed by atoms with Crippen LogP contribution in [0, 0.1) is 0 Å². The summed E-state index contributed by atoms with van der Waals surface area (Å²) in [5, 5.41) is 4.01. The first-order chi connectivity index (χ1) is 16.0. The van der Waals surface area contributed by atoms with E-state index in [1.807, 2.05) is 0 Å². The molecule has 0 atom stereocenters. The average Bonchev–Trinajstić information content (AvgIpc) is 3.12. The van der Waals surface area contributed by atoms with Gasteiger partial charge in [0.25, 0.3) is 0 Å². The van der Waals surface area contributed by atoms with E-state index in [0.717, 1.165) is 24.1 Å². The number of carbonyl (C=O) groups excluding carboxylic acids is 1. The molecular weight excluding hydrogens is 537 g/mol. The predicted molar refractivity (Wildman–Crippen MR) is 128 cm³/mol. The zero-order chi connectivity index (χ0) is 25.0. The highest BCUT2D eigenvalue weighted by molar-refractivity contribution is 7.99. The van der Waals surface area contributed by atoms with E-state index in [9.17, 15) is 18.0 Å². The summed E-state index contributed by atoms with van der Waals surface area (Å²) in [4.78, 5) is 12.1. The van der Waals surface area contributed by atoms with Gasteiger partial charge >= 0.3 is 12.2 Å². The van der Waals surface area contributed by atoms with Crippen molar-refractivity contribution in [3.05, 3.63) is 67.9 Å². The number of urea groups is 1. The van der Waals surface area contributed by atoms with Crippen molar-refractivity contribution < 1.29 is 22.4 Å². The molecule has 0 spiro atoms. The molecule has 184 valence electrons. The molecule has 34 heavy (non-hydrogen) atoms. The molecule has 2 aromatic rings. The number of hydrazine groups is 1. The zero-order valence-corrected chi connectivity index (χ0v) is 20.5. The van der Waals surface area contributed by atoms with Crippen LogP contribution in [-0.4, -0.2) is 24.1 Å². The van der Waals surface area contributed by atoms with Crippen molar-refractivity contribution in [3.63, 3.8) is 0 Å². The molecule has 3 rings (SSSR count). The molecule has 1 aromatic heterocycles. The maximum atomic E-state index is 15.1. The van der Waals surface area contributed by atoms with Gasteiger partial charge in [-0.2, -0.15) is 13.2 Å². The molecule has 0 saturated carbocycles. The number of nitrogens with zero attached hydrogens (tertiary/aromatic N) is 1. The first kappa shape index (κ1) is 26.5. The summed E-state index contributed by atoms with van der Waals surface area (Å²) in [5.74, 6) is 5.35. The fourth-order valence-electron chi connectivity index (χ4n) is 3.16. The van der Waals surface area contributed by atoms with Gasteiger partial charge in [0, 0.05) is 12.1 Å². The second-order valence-corrected chi connectivity index (χ2v) is 10.3. The Morgan fingerprint density at radius 1 is 1.24 bits per heavy atom. The molecule has 1 aromatic carbocycles. The SMILES string of the molecule is N/C(=C1/C(=C(\F)CNC(=O)NSc2cc(Cl)c(Cl)s2)CCCN1N)c1ccc(C(F)(F)F)cc1. The smallest absolute Gasteiger partial charge is 0.397 e. The minimum Gasteiger partial charge on any atom is -0.397 e. The molecule has 0 bridgehead atoms. The van der Waals surface area contributed by atoms with Crippen LogP contribution in [0.4, 0.5) is 22.4 Å². The van der Waals surface area contributed by atoms with E-state index in [1.54, 1.807) is 6.07 Å². The molecule has 1 fully saturated rings. The Hall–Kier alpha value is -2.12. The molecule has 6 nitrogen and oxygen atoms in total. The van der Waals surface area contributed by atoms with E-state index in [0.29, 0.717) is 33.0 Å². The highest BCUT2D eigenvalue weighted by Gasteiger charge is 2.30. The first-order valence-corrected chi connectivity index (χ1v) is 12.1. The Morgan fingerprint density at radius 3 is 2.50 bits per heavy atom. The van der Waals surface area contributed by atoms with Gasteiger partial charge in [0.15, 0.2) is 0 Å². The minimum absolute atomic E-state index is 0.0348. The largest absolute Gasteiger partial charge is 0.416 e. The number of allylic oxidation sites excluding steroid dienone is 1. The zero-order valence-electron chi connectivity index (χ0n) is 17.3. The number of amides is 2. The van der Waals surface area contributed by atoms with Crippen molar-refractivity contribution in [1.82, 2.24) is 15.0 Å². The van der Waals surface area contributed by atoms with Gasteiger partial charge in [0.2, 0.25) is 0 Å². The molecule has 1 aliphatic rings. The summed E-state index contributed by atoms with van der Waals surface area (Å²) in [7, 11) is 0. The molecular formula is C20H19Cl2F4N5OS2. The summed E-state index contributed by atoms with van der Waals surface area (Å²) in [6.45, 7) is -0.0603. The number of hydrogen-bond acceptors (Lipinski definition) is 6. The third-order valence-electron chi connectivity index (χ3n) is 4.78. The molecule has 0 unspecified atom stereocenters. The van der Waals surface area contributed by atoms with Crippen LogP contribution in [0.2, 0.25) is 9.36 Å². The minimum atomic E-state index is -4.49. The number of rotatable bonds is 5. The maximum Gasteiger partial charge on any atom is 0.416 e. The van der Waals surface area contributed by atoms with Gasteiger partial charge in [-0.05, 0) is 48.6 Å². The summed E-state index contributed by atoms with van der Waals surface area (Å²) in [6.07, 6.45) is -3.67. The van der Waals surface area contributed by atoms with Crippen LogP contribution >= 0.6 is 46.5 Å². The second-order valence-electron chi connectivity index (χ2n) is 7.09. The summed E-state index contributed by atoms with van der Waals surface area (Å²) in [5.41, 5.74) is 6.00. The molecule has 1 saturated heterocycles. The Morgan fingerprint density at radius 2 is 1.91 bits per heavy atom. The topological polar surface area (TPSA) is 96.4 Å². The van der Waals surface area contributed by atoms with E-state index >= 15 is 4.39 Å². The van der Waals surface area contributed by atoms with E-state index < -0.39 is 30.1 Å². The highest BCUT2D eigenvalue weighted by atomic mass is 35.5. The van der Waals surface area contributed by atoms with Gasteiger partial charge in [-0.15, -0.1) is 11.3 Å². The standard InChI is InChI=1S/C20H19Cl2F4N5OS2/c21-13-8-15(33-18(13)22)34-30-19(32)29-9-14(23)12-2-1-7-31(28)17(12)16(27)10-3-5-11(6-4-10)20(24,25)26/h3-6,8H,1-2,7,9,27-28H2,(H2,29,30,32)/b14-12-,17-16-. The Bertz CT molecular complexity index is 1100. The van der Waals surface area contributed by atoms with Gasteiger partial charge < -0.3 is 16.1 Å². The van der Waals surface area contributed by atoms with Crippen LogP contribution in [-0.2, 0) is 6.18 Å². The lowest BCUT2D eigenvalue weighted by Crippen LogP contribution is -2.38. The average molecular weight is 556 g/mol. The summed E-state index contributed by atoms with van der Waals surface area (Å²) in [6, 6.07) is 5.13. The number of carbonyl (C=O) groups is 1. The number of nitrogens with two attached hydrogens (primary N) is 2. The number of hydrogen-bond donors (Lipinski definition) is 4. The van der Waals surface area contributed by atoms with Crippen molar-refractivity contribution in [1.29, 1.82) is 0 Å². The Labute approximate surface area is 211 Å². The van der Waals surface area contributed by atoms with E-state index in [-0.39, 0.29) is 22.5 Å². The third kappa shape index (κ3) is 6.51. The van der Waals surface area contributed by atoms with Crippen molar-refractivity contribution >= 4 is 58.2 Å². The molecule has 1 aliphatic heterocycles. The maximum absolute atomic E-state index is 15.1. The predicted octanol–water partition coefficient (Wildman–Crippen LogP) is 5.90. The molecule has 2 heterocycles. The van der Waals surface area contributed by atoms with Gasteiger partial charge in [0.1, 0.15) is 10.2 Å². The molecule has 6 N–H and O–H groups in total. The van der Waals surface area contributed by atoms with Crippen LogP contribution in [0.25, 0.3) is 5.70 Å². The van der Waals surface area contributed by atoms with E-state index in [1.165, 1.54) is 28.5 Å². The highest BCUT2D eigenvalue weighted by Crippen LogP contribution is 2.36. The van der Waals surface area contributed by atoms with Gasteiger partial charge in [-0.1, -0.05) is 35.3 Å². The van der Waals surface area contributed by atoms with Gasteiger partial charge in [0.05, 0.1) is 32.7 Å². The number of thiophene rings is 1. The lowest BCUT2D eigenvalue weighted by Gasteiger charge is -2.31. The Balaban J connectivity index is 1.74. The van der Waals surface area contributed by atoms with Crippen LogP contribution in [0.5, 0.6) is 0 Å². The summed E-state index contributed by atoms with van der Waals surface area (Å²) < 4.78 is 57.1. The molecule has 0 aliphatic carbocycles. The molecule has 14 heteroatoms. The summed E-state index contributed by atoms with van der Waals surface area (Å²) >= 11 is 13.9. The first-order valence-electron chi connectivity index (χ1n) is 9.70. The number of nitrogens with one attached hydrogen (secondary N) is 2. The van der Waals surface area contributed by atoms with Gasteiger partial charge in [-0.3, -0.25) is 4.72 Å². The van der Waals surface area contributed by atoms with Crippen LogP contribution in [0.3, 0.4) is 0 Å². The second kappa shape index (κ2) is 11.1. The van der Waals surface area contributed by atoms with Crippen LogP contribution < -0.4 is 21.6 Å². The van der Waals surface area contributed by atoms with Crippen molar-refractivity contribution in [2.45, 2.75) is 23.2 Å². The quantitative estimate of drug-likeness (QED) is 0.209. The van der Waals surface area contributed by atoms with Crippen molar-refractivity contribution in [2.75, 3.05) is 13.1 Å². The number of benzene rings is 1. The van der Waals surface area contributed by atoms with E-state index in [2.05, 4.69) is 10.0 Å². The van der Waals surface area contributed by atoms with Crippen LogP contribution in [0.1, 0.15) is 24.0 Å². The fourth-order valence-corrected chi connectivity index (χ4v) is 5.45. The lowest BCUT2D eigenvalue weighted by atomic mass is 9.96. The lowest BCUT2D eigenvalue weighted by molar-refractivity contribution is -0.137. The van der Waals surface area contributed by atoms with E-state index in [4.69, 9.17) is 34.8 Å². The molecule has 2 amide bonds. The van der Waals surface area contributed by atoms with Crippen molar-refractivity contribution in [2.24, 2.45) is 11.6 Å². The number of alkyl halides is 3. The molecule has 0 radical (unpaired) electrons. The fraction of sp³-hybridized carbons (Fsp3) is 0.250. The van der Waals surface area contributed by atoms with Crippen LogP contribution in [0.15, 0.2) is 51.6 Å². The van der Waals surface area contributed by atoms with Crippen molar-refractivity contribution in [3.8, 4) is 0 Å². The Kier molecular flexibility index (Phi) is 8.63. The normalized spacial score (nSPS) is 17.4.